The molecule has 0 rings (SSSR count). The maximum atomic E-state index is 8.89. The molecular formula is C2H3NNa2O4. The smallest absolute Gasteiger partial charge is 0.550 e. The van der Waals surface area contributed by atoms with Gasteiger partial charge in [0.25, 0.3) is 0 Å². The molecule has 0 heterocycles. The fraction of sp³-hybridized carbons (Fsp3) is 0.500. The van der Waals surface area contributed by atoms with E-state index in [2.05, 4.69) is 0 Å². The van der Waals surface area contributed by atoms with Gasteiger partial charge in [0.1, 0.15) is 0 Å². The normalized spacial score (nSPS) is 4.11. The van der Waals surface area contributed by atoms with Crippen molar-refractivity contribution < 1.29 is 69.0 Å². The van der Waals surface area contributed by atoms with E-state index in [9.17, 15) is 0 Å². The summed E-state index contributed by atoms with van der Waals surface area (Å²) in [6.45, 7) is 0.972. The monoisotopic (exact) mass is 151 g/mol. The van der Waals surface area contributed by atoms with E-state index in [1.807, 2.05) is 0 Å². The van der Waals surface area contributed by atoms with Gasteiger partial charge in [-0.05, 0) is 6.92 Å². The van der Waals surface area contributed by atoms with Crippen molar-refractivity contribution in [3.05, 3.63) is 10.1 Å². The first-order valence-electron chi connectivity index (χ1n) is 1.27. The van der Waals surface area contributed by atoms with Crippen LogP contribution in [-0.2, 0) is 4.79 Å². The summed E-state index contributed by atoms with van der Waals surface area (Å²) in [4.78, 5) is 16.9. The Balaban J connectivity index is -0.0000000233. The van der Waals surface area contributed by atoms with E-state index >= 15 is 0 Å². The second-order valence-electron chi connectivity index (χ2n) is 0.566. The van der Waals surface area contributed by atoms with E-state index in [-0.39, 0.29) is 59.1 Å². The van der Waals surface area contributed by atoms with E-state index in [1.165, 1.54) is 0 Å². The summed E-state index contributed by atoms with van der Waals surface area (Å²) in [6.07, 6.45) is 0. The van der Waals surface area contributed by atoms with Crippen LogP contribution < -0.4 is 64.2 Å². The first-order chi connectivity index (χ1) is 3.15. The van der Waals surface area contributed by atoms with Crippen molar-refractivity contribution in [2.24, 2.45) is 5.34 Å². The number of hydrogen-bond donors (Lipinski definition) is 0. The molecule has 0 aliphatic carbocycles. The van der Waals surface area contributed by atoms with Gasteiger partial charge >= 0.3 is 59.1 Å². The predicted molar refractivity (Wildman–Crippen MR) is 19.8 cm³/mol. The Kier molecular flexibility index (Phi) is 58.0. The maximum Gasteiger partial charge on any atom is 1.00 e. The molecule has 0 saturated carbocycles. The van der Waals surface area contributed by atoms with Crippen molar-refractivity contribution in [1.29, 1.82) is 0 Å². The van der Waals surface area contributed by atoms with Gasteiger partial charge in [0.15, 0.2) is 0 Å². The minimum absolute atomic E-state index is 0. The van der Waals surface area contributed by atoms with E-state index in [1.54, 1.807) is 0 Å². The molecule has 42 valence electrons. The molecule has 0 aromatic rings. The zero-order valence-corrected chi connectivity index (χ0v) is 9.58. The summed E-state index contributed by atoms with van der Waals surface area (Å²) in [5, 5.41) is 17.9. The van der Waals surface area contributed by atoms with Crippen LogP contribution in [0.4, 0.5) is 0 Å². The Morgan fingerprint density at radius 2 is 1.44 bits per heavy atom. The second kappa shape index (κ2) is 23.2. The Bertz CT molecular complexity index is 63.6. The van der Waals surface area contributed by atoms with Gasteiger partial charge in [-0.2, -0.15) is 0 Å². The average Bonchev–Trinajstić information content (AvgIpc) is 1.33. The molecule has 0 spiro atoms. The molecule has 0 radical (unpaired) electrons. The zero-order valence-electron chi connectivity index (χ0n) is 5.58. The Labute approximate surface area is 96.3 Å². The first-order valence-corrected chi connectivity index (χ1v) is 1.27. The van der Waals surface area contributed by atoms with Gasteiger partial charge in [-0.3, -0.25) is 0 Å². The zero-order chi connectivity index (χ0) is 6.28. The third-order valence-corrected chi connectivity index (χ3v) is 0. The van der Waals surface area contributed by atoms with Crippen molar-refractivity contribution in [3.63, 3.8) is 0 Å². The number of aliphatic carboxylic acids is 1. The van der Waals surface area contributed by atoms with Gasteiger partial charge < -0.3 is 20.0 Å². The van der Waals surface area contributed by atoms with Crippen LogP contribution in [0.15, 0.2) is 5.34 Å². The SMILES string of the molecule is CC(=O)[O-].O=N[O-].[Na+].[Na+]. The third-order valence-electron chi connectivity index (χ3n) is 0. The minimum Gasteiger partial charge on any atom is -0.550 e. The van der Waals surface area contributed by atoms with Crippen LogP contribution in [0.25, 0.3) is 0 Å². The molecule has 0 aromatic carbocycles. The van der Waals surface area contributed by atoms with E-state index in [0.29, 0.717) is 0 Å². The molecule has 0 atom stereocenters. The summed E-state index contributed by atoms with van der Waals surface area (Å²) in [5.41, 5.74) is 0. The molecule has 0 N–H and O–H groups in total. The van der Waals surface area contributed by atoms with E-state index < -0.39 is 5.97 Å². The quantitative estimate of drug-likeness (QED) is 0.195. The molecule has 0 fully saturated rings. The number of rotatable bonds is 0. The van der Waals surface area contributed by atoms with Crippen LogP contribution in [-0.4, -0.2) is 5.97 Å². The predicted octanol–water partition coefficient (Wildman–Crippen LogP) is -6.99. The number of nitrogens with zero attached hydrogens (tertiary/aromatic N) is 1. The summed E-state index contributed by atoms with van der Waals surface area (Å²) in [5.74, 6) is -1.08. The van der Waals surface area contributed by atoms with Crippen molar-refractivity contribution in [3.8, 4) is 0 Å². The molecule has 9 heavy (non-hydrogen) atoms. The molecule has 0 bridgehead atoms. The van der Waals surface area contributed by atoms with Crippen LogP contribution >= 0.6 is 0 Å². The van der Waals surface area contributed by atoms with Crippen molar-refractivity contribution >= 4 is 5.97 Å². The van der Waals surface area contributed by atoms with Crippen LogP contribution in [0.1, 0.15) is 6.92 Å². The van der Waals surface area contributed by atoms with Gasteiger partial charge in [0.2, 0.25) is 0 Å². The van der Waals surface area contributed by atoms with Crippen molar-refractivity contribution in [2.45, 2.75) is 6.92 Å². The molecule has 0 aliphatic rings. The molecule has 0 saturated heterocycles. The molecule has 0 aromatic heterocycles. The van der Waals surface area contributed by atoms with Gasteiger partial charge in [0.05, 0.1) is 0 Å². The van der Waals surface area contributed by atoms with Crippen LogP contribution in [0.3, 0.4) is 0 Å². The van der Waals surface area contributed by atoms with Crippen LogP contribution in [0, 0.1) is 10.1 Å². The standard InChI is InChI=1S/C2H4O2.HNO2.2Na/c1-2(3)4;2-1-3;;/h1H3,(H,3,4);(H,2,3);;/q;;2*+1/p-2. The fourth-order valence-electron chi connectivity index (χ4n) is 0. The fourth-order valence-corrected chi connectivity index (χ4v) is 0. The van der Waals surface area contributed by atoms with Crippen molar-refractivity contribution in [1.82, 2.24) is 0 Å². The average molecular weight is 151 g/mol. The molecule has 0 amide bonds. The Hall–Kier alpha value is 0.870. The summed E-state index contributed by atoms with van der Waals surface area (Å²) in [6, 6.07) is 0. The Morgan fingerprint density at radius 3 is 1.44 bits per heavy atom. The number of carbonyl (C=O) groups excluding carboxylic acids is 1. The van der Waals surface area contributed by atoms with Gasteiger partial charge in [-0.15, -0.1) is 5.34 Å². The summed E-state index contributed by atoms with van der Waals surface area (Å²) in [7, 11) is 0. The number of carbonyl (C=O) groups is 1. The summed E-state index contributed by atoms with van der Waals surface area (Å²) < 4.78 is 0. The molecule has 0 aliphatic heterocycles. The van der Waals surface area contributed by atoms with Gasteiger partial charge in [-0.1, -0.05) is 0 Å². The number of hydrogen-bond acceptors (Lipinski definition) is 5. The third kappa shape index (κ3) is 553. The first kappa shape index (κ1) is 22.5. The second-order valence-corrected chi connectivity index (χ2v) is 0.566. The van der Waals surface area contributed by atoms with Crippen molar-refractivity contribution in [2.75, 3.05) is 0 Å². The topological polar surface area (TPSA) is 92.6 Å². The largest absolute Gasteiger partial charge is 1.00 e. The van der Waals surface area contributed by atoms with E-state index in [4.69, 9.17) is 20.0 Å². The summed E-state index contributed by atoms with van der Waals surface area (Å²) >= 11 is 0. The van der Waals surface area contributed by atoms with E-state index in [0.717, 1.165) is 12.3 Å². The molecule has 5 nitrogen and oxygen atoms in total. The van der Waals surface area contributed by atoms with Gasteiger partial charge in [0, 0.05) is 5.97 Å². The molecular weight excluding hydrogens is 148 g/mol. The van der Waals surface area contributed by atoms with Gasteiger partial charge in [-0.25, -0.2) is 0 Å². The Morgan fingerprint density at radius 1 is 1.44 bits per heavy atom. The van der Waals surface area contributed by atoms with Crippen LogP contribution in [0.2, 0.25) is 0 Å². The number of carboxylic acids is 1. The molecule has 7 heteroatoms. The maximum absolute atomic E-state index is 8.89. The molecule has 0 unspecified atom stereocenters. The van der Waals surface area contributed by atoms with Crippen LogP contribution in [0.5, 0.6) is 0 Å². The number of carboxylic acid groups (broad SMARTS) is 1. The minimum atomic E-state index is -1.08.